The summed E-state index contributed by atoms with van der Waals surface area (Å²) in [6.07, 6.45) is 1.88. The average Bonchev–Trinajstić information content (AvgIpc) is 2.93. The van der Waals surface area contributed by atoms with E-state index in [0.29, 0.717) is 22.9 Å². The Kier molecular flexibility index (Phi) is 4.78. The standard InChI is InChI=1S/C13H11ClIN7/c14-11-17-12(15)19-13(18-11)16-6-10-8-22(21-20-10)7-9-4-2-1-3-5-9/h1-5,8H,6-7H2,(H,16,17,18,19). The summed E-state index contributed by atoms with van der Waals surface area (Å²) in [5.74, 6) is 0.419. The van der Waals surface area contributed by atoms with Gasteiger partial charge in [0, 0.05) is 22.6 Å². The van der Waals surface area contributed by atoms with Gasteiger partial charge in [-0.05, 0) is 17.2 Å². The van der Waals surface area contributed by atoms with Gasteiger partial charge in [-0.25, -0.2) is 4.68 Å². The van der Waals surface area contributed by atoms with Crippen LogP contribution in [-0.4, -0.2) is 29.9 Å². The van der Waals surface area contributed by atoms with Gasteiger partial charge in [-0.1, -0.05) is 35.5 Å². The van der Waals surface area contributed by atoms with Gasteiger partial charge in [-0.2, -0.15) is 15.0 Å². The molecule has 0 aliphatic heterocycles. The molecule has 0 fully saturated rings. The lowest BCUT2D eigenvalue weighted by molar-refractivity contribution is 0.649. The average molecular weight is 428 g/mol. The lowest BCUT2D eigenvalue weighted by Gasteiger charge is -2.02. The zero-order valence-corrected chi connectivity index (χ0v) is 14.2. The quantitative estimate of drug-likeness (QED) is 0.630. The van der Waals surface area contributed by atoms with Crippen molar-refractivity contribution in [2.75, 3.05) is 5.32 Å². The Hall–Kier alpha value is -1.81. The number of nitrogens with one attached hydrogen (secondary N) is 1. The highest BCUT2D eigenvalue weighted by molar-refractivity contribution is 14.1. The number of benzene rings is 1. The molecule has 7 nitrogen and oxygen atoms in total. The lowest BCUT2D eigenvalue weighted by Crippen LogP contribution is -2.06. The first-order chi connectivity index (χ1) is 10.7. The third-order valence-electron chi connectivity index (χ3n) is 2.78. The van der Waals surface area contributed by atoms with Gasteiger partial charge < -0.3 is 5.32 Å². The first-order valence-corrected chi connectivity index (χ1v) is 7.88. The van der Waals surface area contributed by atoms with E-state index in [4.69, 9.17) is 11.6 Å². The van der Waals surface area contributed by atoms with Gasteiger partial charge in [0.15, 0.2) is 3.83 Å². The molecule has 0 radical (unpaired) electrons. The van der Waals surface area contributed by atoms with E-state index in [0.717, 1.165) is 5.69 Å². The summed E-state index contributed by atoms with van der Waals surface area (Å²) < 4.78 is 2.32. The van der Waals surface area contributed by atoms with Gasteiger partial charge >= 0.3 is 0 Å². The lowest BCUT2D eigenvalue weighted by atomic mass is 10.2. The summed E-state index contributed by atoms with van der Waals surface area (Å²) in [5, 5.41) is 11.4. The van der Waals surface area contributed by atoms with Crippen LogP contribution in [0.5, 0.6) is 0 Å². The first-order valence-electron chi connectivity index (χ1n) is 6.43. The highest BCUT2D eigenvalue weighted by atomic mass is 127. The SMILES string of the molecule is Clc1nc(I)nc(NCc2cn(Cc3ccccc3)nn2)n1. The second-order valence-electron chi connectivity index (χ2n) is 4.44. The fourth-order valence-electron chi connectivity index (χ4n) is 1.84. The number of rotatable bonds is 5. The number of aromatic nitrogens is 6. The minimum absolute atomic E-state index is 0.162. The van der Waals surface area contributed by atoms with E-state index >= 15 is 0 Å². The third kappa shape index (κ3) is 4.10. The van der Waals surface area contributed by atoms with Crippen LogP contribution in [-0.2, 0) is 13.1 Å². The van der Waals surface area contributed by atoms with Crippen molar-refractivity contribution in [1.29, 1.82) is 0 Å². The van der Waals surface area contributed by atoms with E-state index in [-0.39, 0.29) is 5.28 Å². The number of nitrogens with zero attached hydrogens (tertiary/aromatic N) is 6. The Morgan fingerprint density at radius 2 is 1.95 bits per heavy atom. The van der Waals surface area contributed by atoms with Crippen molar-refractivity contribution < 1.29 is 0 Å². The third-order valence-corrected chi connectivity index (χ3v) is 3.43. The molecular weight excluding hydrogens is 417 g/mol. The molecule has 0 spiro atoms. The molecule has 0 saturated heterocycles. The van der Waals surface area contributed by atoms with Crippen molar-refractivity contribution in [2.24, 2.45) is 0 Å². The van der Waals surface area contributed by atoms with Crippen LogP contribution in [0.2, 0.25) is 5.28 Å². The van der Waals surface area contributed by atoms with Crippen LogP contribution in [0.15, 0.2) is 36.5 Å². The van der Waals surface area contributed by atoms with Crippen LogP contribution in [0.3, 0.4) is 0 Å². The zero-order chi connectivity index (χ0) is 15.4. The van der Waals surface area contributed by atoms with Crippen molar-refractivity contribution in [1.82, 2.24) is 29.9 Å². The van der Waals surface area contributed by atoms with Gasteiger partial charge in [-0.3, -0.25) is 0 Å². The van der Waals surface area contributed by atoms with Crippen LogP contribution < -0.4 is 5.32 Å². The van der Waals surface area contributed by atoms with E-state index < -0.39 is 0 Å². The summed E-state index contributed by atoms with van der Waals surface area (Å²) in [5.41, 5.74) is 1.97. The normalized spacial score (nSPS) is 10.6. The molecule has 9 heteroatoms. The molecule has 0 aliphatic rings. The molecule has 0 bridgehead atoms. The molecule has 3 rings (SSSR count). The number of anilines is 1. The number of hydrogen-bond acceptors (Lipinski definition) is 6. The Balaban J connectivity index is 1.62. The molecule has 0 aliphatic carbocycles. The van der Waals surface area contributed by atoms with Crippen molar-refractivity contribution in [2.45, 2.75) is 13.1 Å². The second-order valence-corrected chi connectivity index (χ2v) is 5.75. The van der Waals surface area contributed by atoms with E-state index in [1.165, 1.54) is 5.56 Å². The molecule has 1 aromatic carbocycles. The van der Waals surface area contributed by atoms with Crippen LogP contribution in [0.4, 0.5) is 5.95 Å². The molecule has 3 aromatic rings. The molecule has 112 valence electrons. The smallest absolute Gasteiger partial charge is 0.228 e. The summed E-state index contributed by atoms with van der Waals surface area (Å²) in [7, 11) is 0. The van der Waals surface area contributed by atoms with Crippen molar-refractivity contribution in [3.8, 4) is 0 Å². The summed E-state index contributed by atoms with van der Waals surface area (Å²) >= 11 is 7.77. The molecule has 0 atom stereocenters. The van der Waals surface area contributed by atoms with E-state index in [9.17, 15) is 0 Å². The first kappa shape index (κ1) is 15.1. The predicted octanol–water partition coefficient (Wildman–Crippen LogP) is 2.38. The van der Waals surface area contributed by atoms with Gasteiger partial charge in [0.2, 0.25) is 11.2 Å². The zero-order valence-electron chi connectivity index (χ0n) is 11.3. The van der Waals surface area contributed by atoms with E-state index in [2.05, 4.69) is 30.6 Å². The van der Waals surface area contributed by atoms with Gasteiger partial charge in [0.25, 0.3) is 0 Å². The van der Waals surface area contributed by atoms with Crippen LogP contribution >= 0.6 is 34.2 Å². The van der Waals surface area contributed by atoms with Crippen molar-refractivity contribution >= 4 is 40.1 Å². The summed E-state index contributed by atoms with van der Waals surface area (Å²) in [6.45, 7) is 1.15. The number of hydrogen-bond donors (Lipinski definition) is 1. The fraction of sp³-hybridized carbons (Fsp3) is 0.154. The van der Waals surface area contributed by atoms with Gasteiger partial charge in [-0.15, -0.1) is 5.10 Å². The minimum atomic E-state index is 0.162. The number of halogens is 2. The maximum absolute atomic E-state index is 5.79. The monoisotopic (exact) mass is 427 g/mol. The van der Waals surface area contributed by atoms with Crippen LogP contribution in [0, 0.1) is 3.83 Å². The molecule has 0 unspecified atom stereocenters. The highest BCUT2D eigenvalue weighted by Gasteiger charge is 2.05. The molecule has 2 aromatic heterocycles. The Bertz CT molecular complexity index is 742. The molecule has 22 heavy (non-hydrogen) atoms. The molecule has 0 saturated carbocycles. The minimum Gasteiger partial charge on any atom is -0.348 e. The Labute approximate surface area is 145 Å². The fourth-order valence-corrected chi connectivity index (χ4v) is 2.60. The largest absolute Gasteiger partial charge is 0.348 e. The van der Waals surface area contributed by atoms with Gasteiger partial charge in [0.1, 0.15) is 5.69 Å². The highest BCUT2D eigenvalue weighted by Crippen LogP contribution is 2.09. The Morgan fingerprint density at radius 1 is 1.14 bits per heavy atom. The maximum Gasteiger partial charge on any atom is 0.228 e. The van der Waals surface area contributed by atoms with Crippen LogP contribution in [0.1, 0.15) is 11.3 Å². The van der Waals surface area contributed by atoms with Crippen molar-refractivity contribution in [3.63, 3.8) is 0 Å². The second kappa shape index (κ2) is 6.97. The van der Waals surface area contributed by atoms with Crippen molar-refractivity contribution in [3.05, 3.63) is 56.9 Å². The molecular formula is C13H11ClIN7. The topological polar surface area (TPSA) is 81.4 Å². The summed E-state index contributed by atoms with van der Waals surface area (Å²) in [4.78, 5) is 12.0. The molecule has 2 heterocycles. The van der Waals surface area contributed by atoms with E-state index in [1.54, 1.807) is 4.68 Å². The predicted molar refractivity (Wildman–Crippen MR) is 90.4 cm³/mol. The van der Waals surface area contributed by atoms with Gasteiger partial charge in [0.05, 0.1) is 19.3 Å². The Morgan fingerprint density at radius 3 is 2.73 bits per heavy atom. The maximum atomic E-state index is 5.79. The molecule has 0 amide bonds. The van der Waals surface area contributed by atoms with E-state index in [1.807, 2.05) is 59.1 Å². The summed E-state index contributed by atoms with van der Waals surface area (Å²) in [6, 6.07) is 10.1. The molecule has 1 N–H and O–H groups in total. The van der Waals surface area contributed by atoms with Crippen LogP contribution in [0.25, 0.3) is 0 Å².